The summed E-state index contributed by atoms with van der Waals surface area (Å²) in [7, 11) is 0. The summed E-state index contributed by atoms with van der Waals surface area (Å²) in [5.41, 5.74) is 0. The highest BCUT2D eigenvalue weighted by atomic mass is 16.2. The van der Waals surface area contributed by atoms with E-state index < -0.39 is 0 Å². The van der Waals surface area contributed by atoms with Gasteiger partial charge in [0.25, 0.3) is 0 Å². The van der Waals surface area contributed by atoms with E-state index in [1.165, 1.54) is 0 Å². The van der Waals surface area contributed by atoms with Crippen LogP contribution in [0.25, 0.3) is 0 Å². The lowest BCUT2D eigenvalue weighted by Crippen LogP contribution is -2.46. The van der Waals surface area contributed by atoms with Crippen LogP contribution in [0.3, 0.4) is 0 Å². The summed E-state index contributed by atoms with van der Waals surface area (Å²) in [6.45, 7) is 11.2. The normalized spacial score (nSPS) is 20.0. The highest BCUT2D eigenvalue weighted by molar-refractivity contribution is 5.81. The first-order chi connectivity index (χ1) is 8.11. The second kappa shape index (κ2) is 7.67. The first kappa shape index (κ1) is 14.5. The molecule has 0 aliphatic carbocycles. The number of carbonyl (C=O) groups is 1. The van der Waals surface area contributed by atoms with E-state index in [1.54, 1.807) is 0 Å². The molecule has 0 aromatic carbocycles. The molecule has 0 bridgehead atoms. The Balaban J connectivity index is 2.29. The fraction of sp³-hybridized carbons (Fsp3) is 0.923. The van der Waals surface area contributed by atoms with Crippen molar-refractivity contribution in [1.82, 2.24) is 15.5 Å². The van der Waals surface area contributed by atoms with E-state index in [0.717, 1.165) is 45.6 Å². The second-order valence-electron chi connectivity index (χ2n) is 5.29. The Morgan fingerprint density at radius 2 is 2.06 bits per heavy atom. The van der Waals surface area contributed by atoms with Gasteiger partial charge in [-0.05, 0) is 32.2 Å². The Morgan fingerprint density at radius 3 is 2.76 bits per heavy atom. The molecule has 0 radical (unpaired) electrons. The summed E-state index contributed by atoms with van der Waals surface area (Å²) in [4.78, 5) is 14.2. The smallest absolute Gasteiger partial charge is 0.237 e. The molecule has 4 nitrogen and oxygen atoms in total. The molecule has 1 aliphatic rings. The molecule has 1 unspecified atom stereocenters. The second-order valence-corrected chi connectivity index (χ2v) is 5.29. The molecule has 1 saturated heterocycles. The zero-order valence-corrected chi connectivity index (χ0v) is 11.5. The van der Waals surface area contributed by atoms with Crippen molar-refractivity contribution in [2.24, 2.45) is 5.92 Å². The maximum atomic E-state index is 12.0. The molecule has 1 heterocycles. The Kier molecular flexibility index (Phi) is 6.52. The minimum atomic E-state index is 0.00191. The molecule has 0 aromatic heterocycles. The van der Waals surface area contributed by atoms with Crippen molar-refractivity contribution in [3.8, 4) is 0 Å². The zero-order chi connectivity index (χ0) is 12.7. The Hall–Kier alpha value is -0.610. The van der Waals surface area contributed by atoms with Gasteiger partial charge in [-0.1, -0.05) is 13.8 Å². The lowest BCUT2D eigenvalue weighted by Gasteiger charge is -2.26. The maximum Gasteiger partial charge on any atom is 0.237 e. The van der Waals surface area contributed by atoms with Gasteiger partial charge in [0.15, 0.2) is 0 Å². The molecule has 0 spiro atoms. The standard InChI is InChI=1S/C13H27N3O/c1-11(2)5-7-15-13(17)12(3)16-9-4-6-14-8-10-16/h11-12,14H,4-10H2,1-3H3,(H,15,17). The largest absolute Gasteiger partial charge is 0.355 e. The summed E-state index contributed by atoms with van der Waals surface area (Å²) >= 11 is 0. The minimum Gasteiger partial charge on any atom is -0.355 e. The molecule has 1 rings (SSSR count). The molecular formula is C13H27N3O. The van der Waals surface area contributed by atoms with Gasteiger partial charge in [0, 0.05) is 26.2 Å². The monoisotopic (exact) mass is 241 g/mol. The van der Waals surface area contributed by atoms with Gasteiger partial charge in [-0.3, -0.25) is 9.69 Å². The van der Waals surface area contributed by atoms with Crippen molar-refractivity contribution in [2.45, 2.75) is 39.7 Å². The van der Waals surface area contributed by atoms with E-state index in [1.807, 2.05) is 6.92 Å². The van der Waals surface area contributed by atoms with Gasteiger partial charge >= 0.3 is 0 Å². The van der Waals surface area contributed by atoms with Crippen LogP contribution in [0.5, 0.6) is 0 Å². The quantitative estimate of drug-likeness (QED) is 0.749. The number of nitrogens with zero attached hydrogens (tertiary/aromatic N) is 1. The first-order valence-corrected chi connectivity index (χ1v) is 6.83. The van der Waals surface area contributed by atoms with Crippen molar-refractivity contribution in [3.63, 3.8) is 0 Å². The number of hydrogen-bond donors (Lipinski definition) is 2. The highest BCUT2D eigenvalue weighted by Gasteiger charge is 2.21. The summed E-state index contributed by atoms with van der Waals surface area (Å²) in [5, 5.41) is 6.39. The summed E-state index contributed by atoms with van der Waals surface area (Å²) in [5.74, 6) is 0.820. The average Bonchev–Trinajstić information content (AvgIpc) is 2.55. The number of nitrogens with one attached hydrogen (secondary N) is 2. The highest BCUT2D eigenvalue weighted by Crippen LogP contribution is 2.03. The zero-order valence-electron chi connectivity index (χ0n) is 11.5. The topological polar surface area (TPSA) is 44.4 Å². The van der Waals surface area contributed by atoms with Crippen molar-refractivity contribution in [2.75, 3.05) is 32.7 Å². The van der Waals surface area contributed by atoms with Gasteiger partial charge < -0.3 is 10.6 Å². The van der Waals surface area contributed by atoms with Gasteiger partial charge in [-0.2, -0.15) is 0 Å². The van der Waals surface area contributed by atoms with Crippen molar-refractivity contribution < 1.29 is 4.79 Å². The van der Waals surface area contributed by atoms with E-state index in [0.29, 0.717) is 5.92 Å². The predicted molar refractivity (Wildman–Crippen MR) is 71.0 cm³/mol. The predicted octanol–water partition coefficient (Wildman–Crippen LogP) is 0.833. The third-order valence-corrected chi connectivity index (χ3v) is 3.32. The maximum absolute atomic E-state index is 12.0. The molecule has 1 amide bonds. The van der Waals surface area contributed by atoms with Crippen molar-refractivity contribution >= 4 is 5.91 Å². The number of rotatable bonds is 5. The Morgan fingerprint density at radius 1 is 1.29 bits per heavy atom. The molecule has 100 valence electrons. The number of amides is 1. The van der Waals surface area contributed by atoms with E-state index >= 15 is 0 Å². The van der Waals surface area contributed by atoms with Crippen LogP contribution in [0, 0.1) is 5.92 Å². The lowest BCUT2D eigenvalue weighted by atomic mass is 10.1. The molecule has 1 atom stereocenters. The molecule has 0 aromatic rings. The van der Waals surface area contributed by atoms with Gasteiger partial charge in [0.2, 0.25) is 5.91 Å². The molecule has 1 fully saturated rings. The van der Waals surface area contributed by atoms with E-state index in [-0.39, 0.29) is 11.9 Å². The molecular weight excluding hydrogens is 214 g/mol. The number of carbonyl (C=O) groups excluding carboxylic acids is 1. The molecule has 0 saturated carbocycles. The van der Waals surface area contributed by atoms with E-state index in [9.17, 15) is 4.79 Å². The third-order valence-electron chi connectivity index (χ3n) is 3.32. The summed E-state index contributed by atoms with van der Waals surface area (Å²) in [6, 6.07) is 0.00191. The van der Waals surface area contributed by atoms with Gasteiger partial charge in [0.1, 0.15) is 0 Å². The SMILES string of the molecule is CC(C)CCNC(=O)C(C)N1CCCNCC1. The van der Waals surface area contributed by atoms with Crippen LogP contribution < -0.4 is 10.6 Å². The van der Waals surface area contributed by atoms with Crippen molar-refractivity contribution in [3.05, 3.63) is 0 Å². The van der Waals surface area contributed by atoms with Gasteiger partial charge in [-0.25, -0.2) is 0 Å². The first-order valence-electron chi connectivity index (χ1n) is 6.83. The summed E-state index contributed by atoms with van der Waals surface area (Å²) < 4.78 is 0. The van der Waals surface area contributed by atoms with Crippen LogP contribution in [0.15, 0.2) is 0 Å². The van der Waals surface area contributed by atoms with Crippen LogP contribution in [0.4, 0.5) is 0 Å². The molecule has 1 aliphatic heterocycles. The van der Waals surface area contributed by atoms with Crippen LogP contribution >= 0.6 is 0 Å². The van der Waals surface area contributed by atoms with E-state index in [4.69, 9.17) is 0 Å². The third kappa shape index (κ3) is 5.50. The molecule has 2 N–H and O–H groups in total. The fourth-order valence-corrected chi connectivity index (χ4v) is 2.05. The molecule has 17 heavy (non-hydrogen) atoms. The Bertz CT molecular complexity index is 223. The lowest BCUT2D eigenvalue weighted by molar-refractivity contribution is -0.125. The van der Waals surface area contributed by atoms with Crippen molar-refractivity contribution in [1.29, 1.82) is 0 Å². The van der Waals surface area contributed by atoms with Crippen LogP contribution in [-0.2, 0) is 4.79 Å². The molecule has 4 heteroatoms. The fourth-order valence-electron chi connectivity index (χ4n) is 2.05. The average molecular weight is 241 g/mol. The van der Waals surface area contributed by atoms with Crippen LogP contribution in [0.2, 0.25) is 0 Å². The van der Waals surface area contributed by atoms with Crippen LogP contribution in [-0.4, -0.2) is 49.6 Å². The minimum absolute atomic E-state index is 0.00191. The van der Waals surface area contributed by atoms with Gasteiger partial charge in [0.05, 0.1) is 6.04 Å². The van der Waals surface area contributed by atoms with Crippen LogP contribution in [0.1, 0.15) is 33.6 Å². The number of hydrogen-bond acceptors (Lipinski definition) is 3. The summed E-state index contributed by atoms with van der Waals surface area (Å²) in [6.07, 6.45) is 2.18. The van der Waals surface area contributed by atoms with E-state index in [2.05, 4.69) is 29.4 Å². The van der Waals surface area contributed by atoms with Gasteiger partial charge in [-0.15, -0.1) is 0 Å². The Labute approximate surface area is 105 Å².